The predicted octanol–water partition coefficient (Wildman–Crippen LogP) is 6.50. The molecule has 0 saturated carbocycles. The molecule has 1 aromatic heterocycles. The fraction of sp³-hybridized carbons (Fsp3) is 0.387. The van der Waals surface area contributed by atoms with E-state index in [1.54, 1.807) is 37.9 Å². The highest BCUT2D eigenvalue weighted by Crippen LogP contribution is 2.46. The zero-order valence-electron chi connectivity index (χ0n) is 22.8. The average molecular weight is 532 g/mol. The van der Waals surface area contributed by atoms with Crippen LogP contribution in [0.25, 0.3) is 0 Å². The van der Waals surface area contributed by atoms with Crippen molar-refractivity contribution in [1.29, 1.82) is 0 Å². The summed E-state index contributed by atoms with van der Waals surface area (Å²) in [6, 6.07) is 19.1. The van der Waals surface area contributed by atoms with E-state index >= 15 is 4.39 Å². The molecule has 2 aromatic carbocycles. The molecule has 0 bridgehead atoms. The lowest BCUT2D eigenvalue weighted by Crippen LogP contribution is -2.46. The molecule has 204 valence electrons. The predicted molar refractivity (Wildman–Crippen MR) is 147 cm³/mol. The number of pyridine rings is 1. The lowest BCUT2D eigenvalue weighted by Gasteiger charge is -2.36. The fourth-order valence-electron chi connectivity index (χ4n) is 5.21. The molecule has 2 aliphatic heterocycles. The molecule has 1 fully saturated rings. The van der Waals surface area contributed by atoms with E-state index in [-0.39, 0.29) is 18.4 Å². The monoisotopic (exact) mass is 531 g/mol. The van der Waals surface area contributed by atoms with Crippen LogP contribution in [0.1, 0.15) is 62.6 Å². The third-order valence-electron chi connectivity index (χ3n) is 7.18. The second kappa shape index (κ2) is 10.7. The number of ether oxygens (including phenoxy) is 2. The Morgan fingerprint density at radius 3 is 2.56 bits per heavy atom. The van der Waals surface area contributed by atoms with Crippen molar-refractivity contribution in [3.8, 4) is 5.88 Å². The van der Waals surface area contributed by atoms with Crippen molar-refractivity contribution in [3.05, 3.63) is 83.6 Å². The van der Waals surface area contributed by atoms with E-state index in [2.05, 4.69) is 4.98 Å². The molecule has 3 heterocycles. The van der Waals surface area contributed by atoms with Gasteiger partial charge in [-0.1, -0.05) is 42.5 Å². The van der Waals surface area contributed by atoms with Crippen LogP contribution in [0, 0.1) is 0 Å². The number of nitrogens with zero attached hydrogens (tertiary/aromatic N) is 3. The van der Waals surface area contributed by atoms with Gasteiger partial charge in [0.15, 0.2) is 0 Å². The Labute approximate surface area is 228 Å². The lowest BCUT2D eigenvalue weighted by molar-refractivity contribution is -0.118. The van der Waals surface area contributed by atoms with Crippen LogP contribution in [0.2, 0.25) is 0 Å². The number of likely N-dealkylation sites (tertiary alicyclic amines) is 1. The van der Waals surface area contributed by atoms with Crippen LogP contribution in [-0.2, 0) is 16.1 Å². The molecule has 7 nitrogen and oxygen atoms in total. The number of piperidine rings is 1. The number of hydrogen-bond acceptors (Lipinski definition) is 5. The second-order valence-electron chi connectivity index (χ2n) is 11.2. The van der Waals surface area contributed by atoms with E-state index in [4.69, 9.17) is 9.47 Å². The molecule has 3 aromatic rings. The van der Waals surface area contributed by atoms with Gasteiger partial charge in [0.2, 0.25) is 11.8 Å². The van der Waals surface area contributed by atoms with Crippen molar-refractivity contribution in [2.45, 2.75) is 64.3 Å². The molecule has 1 saturated heterocycles. The number of rotatable bonds is 5. The van der Waals surface area contributed by atoms with Crippen LogP contribution < -0.4 is 9.64 Å². The van der Waals surface area contributed by atoms with Crippen LogP contribution in [0.3, 0.4) is 0 Å². The zero-order chi connectivity index (χ0) is 27.7. The number of aromatic nitrogens is 1. The summed E-state index contributed by atoms with van der Waals surface area (Å²) < 4.78 is 26.8. The quantitative estimate of drug-likeness (QED) is 0.376. The van der Waals surface area contributed by atoms with Crippen LogP contribution in [-0.4, -0.2) is 46.7 Å². The second-order valence-corrected chi connectivity index (χ2v) is 11.2. The zero-order valence-corrected chi connectivity index (χ0v) is 22.8. The highest BCUT2D eigenvalue weighted by molar-refractivity contribution is 6.10. The van der Waals surface area contributed by atoms with Gasteiger partial charge in [-0.15, -0.1) is 0 Å². The van der Waals surface area contributed by atoms with Crippen molar-refractivity contribution in [2.24, 2.45) is 0 Å². The topological polar surface area (TPSA) is 72.0 Å². The SMILES string of the molecule is C[C@@H]1C(=O)N(c2cccnc2OCc2ccccc2)c2ccc(C3CCN(C(=O)OC(C)(C)C)CC3F)cc21. The molecule has 0 aliphatic carbocycles. The maximum atomic E-state index is 15.4. The Morgan fingerprint density at radius 1 is 1.08 bits per heavy atom. The average Bonchev–Trinajstić information content (AvgIpc) is 3.16. The summed E-state index contributed by atoms with van der Waals surface area (Å²) >= 11 is 0. The summed E-state index contributed by atoms with van der Waals surface area (Å²) in [6.45, 7) is 7.97. The van der Waals surface area contributed by atoms with Gasteiger partial charge in [-0.25, -0.2) is 14.2 Å². The molecule has 2 aliphatic rings. The van der Waals surface area contributed by atoms with E-state index in [1.807, 2.05) is 61.5 Å². The van der Waals surface area contributed by atoms with Gasteiger partial charge in [0.1, 0.15) is 24.1 Å². The van der Waals surface area contributed by atoms with Gasteiger partial charge in [0.05, 0.1) is 18.2 Å². The molecule has 8 heteroatoms. The number of amides is 2. The normalized spacial score (nSPS) is 21.1. The fourth-order valence-corrected chi connectivity index (χ4v) is 5.21. The first-order valence-electron chi connectivity index (χ1n) is 13.3. The first-order chi connectivity index (χ1) is 18.6. The Kier molecular flexibility index (Phi) is 7.30. The van der Waals surface area contributed by atoms with Crippen molar-refractivity contribution >= 4 is 23.4 Å². The first-order valence-corrected chi connectivity index (χ1v) is 13.3. The number of benzene rings is 2. The minimum atomic E-state index is -1.23. The van der Waals surface area contributed by atoms with E-state index in [0.29, 0.717) is 31.1 Å². The Balaban J connectivity index is 1.36. The minimum Gasteiger partial charge on any atom is -0.471 e. The lowest BCUT2D eigenvalue weighted by atomic mass is 9.86. The summed E-state index contributed by atoms with van der Waals surface area (Å²) in [6.07, 6.45) is 0.395. The minimum absolute atomic E-state index is 0.0188. The van der Waals surface area contributed by atoms with Gasteiger partial charge in [-0.2, -0.15) is 0 Å². The maximum Gasteiger partial charge on any atom is 0.410 e. The van der Waals surface area contributed by atoms with Crippen LogP contribution in [0.5, 0.6) is 5.88 Å². The number of anilines is 2. The van der Waals surface area contributed by atoms with Gasteiger partial charge >= 0.3 is 6.09 Å². The van der Waals surface area contributed by atoms with Gasteiger partial charge in [-0.3, -0.25) is 9.69 Å². The van der Waals surface area contributed by atoms with Crippen LogP contribution >= 0.6 is 0 Å². The van der Waals surface area contributed by atoms with Gasteiger partial charge in [0, 0.05) is 18.7 Å². The number of alkyl halides is 1. The van der Waals surface area contributed by atoms with Crippen molar-refractivity contribution in [2.75, 3.05) is 18.0 Å². The molecule has 0 N–H and O–H groups in total. The summed E-state index contributed by atoms with van der Waals surface area (Å²) in [4.78, 5) is 33.4. The van der Waals surface area contributed by atoms with Crippen molar-refractivity contribution in [3.63, 3.8) is 0 Å². The Morgan fingerprint density at radius 2 is 1.85 bits per heavy atom. The highest BCUT2D eigenvalue weighted by atomic mass is 19.1. The van der Waals surface area contributed by atoms with E-state index in [1.165, 1.54) is 4.90 Å². The smallest absolute Gasteiger partial charge is 0.410 e. The summed E-state index contributed by atoms with van der Waals surface area (Å²) in [5.74, 6) is -0.482. The molecule has 0 radical (unpaired) electrons. The number of halogens is 1. The van der Waals surface area contributed by atoms with Crippen LogP contribution in [0.4, 0.5) is 20.6 Å². The number of carbonyl (C=O) groups excluding carboxylic acids is 2. The van der Waals surface area contributed by atoms with E-state index < -0.39 is 23.8 Å². The Hall–Kier alpha value is -3.94. The third-order valence-corrected chi connectivity index (χ3v) is 7.18. The molecule has 3 atom stereocenters. The summed E-state index contributed by atoms with van der Waals surface area (Å²) in [7, 11) is 0. The van der Waals surface area contributed by atoms with Crippen molar-refractivity contribution in [1.82, 2.24) is 9.88 Å². The molecular formula is C31H34FN3O4. The van der Waals surface area contributed by atoms with E-state index in [9.17, 15) is 9.59 Å². The third kappa shape index (κ3) is 5.60. The van der Waals surface area contributed by atoms with Crippen molar-refractivity contribution < 1.29 is 23.5 Å². The summed E-state index contributed by atoms with van der Waals surface area (Å²) in [5.41, 5.74) is 3.37. The first kappa shape index (κ1) is 26.7. The van der Waals surface area contributed by atoms with Gasteiger partial charge < -0.3 is 14.4 Å². The molecule has 39 heavy (non-hydrogen) atoms. The molecule has 0 spiro atoms. The molecule has 5 rings (SSSR count). The standard InChI is InChI=1S/C31H34FN3O4/c1-20-24-17-22(23-14-16-34(18-25(23)32)30(37)39-31(2,3)4)12-13-26(24)35(29(20)36)27-11-8-15-33-28(27)38-19-21-9-6-5-7-10-21/h5-13,15,17,20,23,25H,14,16,18-19H2,1-4H3/t20-,23?,25?/m0/s1. The Bertz CT molecular complexity index is 1360. The number of hydrogen-bond donors (Lipinski definition) is 0. The highest BCUT2D eigenvalue weighted by Gasteiger charge is 2.39. The van der Waals surface area contributed by atoms with Gasteiger partial charge in [-0.05, 0) is 69.0 Å². The van der Waals surface area contributed by atoms with Gasteiger partial charge in [0.25, 0.3) is 0 Å². The van der Waals surface area contributed by atoms with Crippen LogP contribution in [0.15, 0.2) is 66.9 Å². The maximum absolute atomic E-state index is 15.4. The van der Waals surface area contributed by atoms with E-state index in [0.717, 1.165) is 22.4 Å². The molecule has 2 amide bonds. The summed E-state index contributed by atoms with van der Waals surface area (Å²) in [5, 5.41) is 0. The molecule has 2 unspecified atom stereocenters. The number of fused-ring (bicyclic) bond motifs is 1. The number of carbonyl (C=O) groups is 2. The largest absolute Gasteiger partial charge is 0.471 e. The molecular weight excluding hydrogens is 497 g/mol.